The fourth-order valence-electron chi connectivity index (χ4n) is 4.22. The van der Waals surface area contributed by atoms with Crippen molar-refractivity contribution in [2.45, 2.75) is 39.2 Å². The van der Waals surface area contributed by atoms with Crippen LogP contribution in [0.5, 0.6) is 0 Å². The maximum Gasteiger partial charge on any atom is 0.229 e. The van der Waals surface area contributed by atoms with Crippen LogP contribution in [0.25, 0.3) is 0 Å². The third-order valence-electron chi connectivity index (χ3n) is 6.00. The molecule has 1 aliphatic rings. The number of para-hydroxylation sites is 1. The van der Waals surface area contributed by atoms with Crippen LogP contribution in [0.3, 0.4) is 0 Å². The summed E-state index contributed by atoms with van der Waals surface area (Å²) in [4.78, 5) is 39.1. The lowest BCUT2D eigenvalue weighted by Gasteiger charge is -2.32. The lowest BCUT2D eigenvalue weighted by Crippen LogP contribution is -2.41. The number of benzene rings is 3. The zero-order valence-corrected chi connectivity index (χ0v) is 19.4. The standard InChI is InChI=1S/C27H25ClN2O3/c1-17-8-3-4-9-20(17)27(33)22-15-14-19(16-23(22)28)29-24-11-6-5-10-21(24)18(2)30-25(31)12-7-13-26(30)32/h3-6,8-11,14-16,18,29H,7,12-13H2,1-2H3. The number of ketones is 1. The van der Waals surface area contributed by atoms with E-state index in [9.17, 15) is 14.4 Å². The molecule has 33 heavy (non-hydrogen) atoms. The highest BCUT2D eigenvalue weighted by molar-refractivity contribution is 6.35. The molecule has 0 saturated carbocycles. The Hall–Kier alpha value is -3.44. The first-order chi connectivity index (χ1) is 15.9. The molecule has 0 spiro atoms. The van der Waals surface area contributed by atoms with Crippen molar-refractivity contribution in [3.63, 3.8) is 0 Å². The quantitative estimate of drug-likeness (QED) is 0.350. The molecule has 1 saturated heterocycles. The van der Waals surface area contributed by atoms with Gasteiger partial charge in [-0.15, -0.1) is 0 Å². The summed E-state index contributed by atoms with van der Waals surface area (Å²) in [7, 11) is 0. The van der Waals surface area contributed by atoms with Crippen molar-refractivity contribution in [1.29, 1.82) is 0 Å². The largest absolute Gasteiger partial charge is 0.355 e. The van der Waals surface area contributed by atoms with E-state index in [-0.39, 0.29) is 17.6 Å². The molecule has 4 rings (SSSR count). The van der Waals surface area contributed by atoms with Crippen LogP contribution in [0.4, 0.5) is 11.4 Å². The van der Waals surface area contributed by atoms with Crippen LogP contribution in [-0.2, 0) is 9.59 Å². The Labute approximate surface area is 198 Å². The predicted molar refractivity (Wildman–Crippen MR) is 130 cm³/mol. The Kier molecular flexibility index (Phi) is 6.61. The van der Waals surface area contributed by atoms with Crippen LogP contribution in [0.1, 0.15) is 59.3 Å². The molecule has 5 nitrogen and oxygen atoms in total. The monoisotopic (exact) mass is 460 g/mol. The predicted octanol–water partition coefficient (Wildman–Crippen LogP) is 6.22. The summed E-state index contributed by atoms with van der Waals surface area (Å²) < 4.78 is 0. The van der Waals surface area contributed by atoms with E-state index in [0.29, 0.717) is 41.1 Å². The summed E-state index contributed by atoms with van der Waals surface area (Å²) in [5, 5.41) is 3.68. The van der Waals surface area contributed by atoms with Crippen molar-refractivity contribution in [1.82, 2.24) is 4.90 Å². The average Bonchev–Trinajstić information content (AvgIpc) is 2.79. The summed E-state index contributed by atoms with van der Waals surface area (Å²) >= 11 is 6.50. The molecule has 1 heterocycles. The van der Waals surface area contributed by atoms with Gasteiger partial charge in [0.15, 0.2) is 5.78 Å². The van der Waals surface area contributed by atoms with E-state index in [4.69, 9.17) is 11.6 Å². The molecular formula is C27H25ClN2O3. The van der Waals surface area contributed by atoms with E-state index in [2.05, 4.69) is 5.32 Å². The van der Waals surface area contributed by atoms with Crippen molar-refractivity contribution < 1.29 is 14.4 Å². The van der Waals surface area contributed by atoms with Gasteiger partial charge in [0, 0.05) is 35.3 Å². The first-order valence-electron chi connectivity index (χ1n) is 11.0. The van der Waals surface area contributed by atoms with Crippen molar-refractivity contribution in [2.24, 2.45) is 0 Å². The minimum Gasteiger partial charge on any atom is -0.355 e. The Balaban J connectivity index is 1.60. The highest BCUT2D eigenvalue weighted by Crippen LogP contribution is 2.33. The van der Waals surface area contributed by atoms with Crippen LogP contribution in [0.2, 0.25) is 5.02 Å². The molecule has 1 atom stereocenters. The van der Waals surface area contributed by atoms with E-state index < -0.39 is 6.04 Å². The number of aryl methyl sites for hydroxylation is 1. The van der Waals surface area contributed by atoms with Gasteiger partial charge in [0.25, 0.3) is 0 Å². The number of anilines is 2. The number of rotatable bonds is 6. The number of halogens is 1. The van der Waals surface area contributed by atoms with Gasteiger partial charge in [-0.25, -0.2) is 0 Å². The molecular weight excluding hydrogens is 436 g/mol. The lowest BCUT2D eigenvalue weighted by atomic mass is 9.98. The second-order valence-electron chi connectivity index (χ2n) is 8.24. The number of amides is 2. The number of nitrogens with one attached hydrogen (secondary N) is 1. The maximum atomic E-state index is 13.0. The summed E-state index contributed by atoms with van der Waals surface area (Å²) in [6, 6.07) is 19.8. The van der Waals surface area contributed by atoms with Crippen molar-refractivity contribution in [3.05, 3.63) is 94.0 Å². The third-order valence-corrected chi connectivity index (χ3v) is 6.31. The van der Waals surface area contributed by atoms with Gasteiger partial charge >= 0.3 is 0 Å². The molecule has 0 aliphatic carbocycles. The van der Waals surface area contributed by atoms with Crippen molar-refractivity contribution in [2.75, 3.05) is 5.32 Å². The summed E-state index contributed by atoms with van der Waals surface area (Å²) in [5.74, 6) is -0.410. The van der Waals surface area contributed by atoms with Crippen LogP contribution in [-0.4, -0.2) is 22.5 Å². The maximum absolute atomic E-state index is 13.0. The molecule has 2 amide bonds. The number of carbonyl (C=O) groups excluding carboxylic acids is 3. The zero-order chi connectivity index (χ0) is 23.5. The highest BCUT2D eigenvalue weighted by atomic mass is 35.5. The second kappa shape index (κ2) is 9.59. The van der Waals surface area contributed by atoms with Crippen LogP contribution in [0.15, 0.2) is 66.7 Å². The Morgan fingerprint density at radius 2 is 1.61 bits per heavy atom. The highest BCUT2D eigenvalue weighted by Gasteiger charge is 2.31. The molecule has 0 aromatic heterocycles. The minimum absolute atomic E-state index is 0.124. The Morgan fingerprint density at radius 3 is 2.30 bits per heavy atom. The molecule has 1 N–H and O–H groups in total. The molecule has 3 aromatic rings. The summed E-state index contributed by atoms with van der Waals surface area (Å²) in [6.07, 6.45) is 1.38. The number of nitrogens with zero attached hydrogens (tertiary/aromatic N) is 1. The average molecular weight is 461 g/mol. The van der Waals surface area contributed by atoms with Crippen molar-refractivity contribution in [3.8, 4) is 0 Å². The number of hydrogen-bond acceptors (Lipinski definition) is 4. The SMILES string of the molecule is Cc1ccccc1C(=O)c1ccc(Nc2ccccc2C(C)N2C(=O)CCCC2=O)cc1Cl. The van der Waals surface area contributed by atoms with Gasteiger partial charge in [-0.05, 0) is 55.7 Å². The number of carbonyl (C=O) groups is 3. The normalized spacial score (nSPS) is 14.8. The molecule has 168 valence electrons. The van der Waals surface area contributed by atoms with Crippen LogP contribution in [0, 0.1) is 6.92 Å². The zero-order valence-electron chi connectivity index (χ0n) is 18.6. The lowest BCUT2D eigenvalue weighted by molar-refractivity contribution is -0.150. The number of piperidine rings is 1. The number of hydrogen-bond donors (Lipinski definition) is 1. The fourth-order valence-corrected chi connectivity index (χ4v) is 4.49. The van der Waals surface area contributed by atoms with Crippen molar-refractivity contribution >= 4 is 40.6 Å². The van der Waals surface area contributed by atoms with Gasteiger partial charge in [-0.3, -0.25) is 19.3 Å². The Bertz CT molecular complexity index is 1220. The summed E-state index contributed by atoms with van der Waals surface area (Å²) in [6.45, 7) is 3.76. The third kappa shape index (κ3) is 4.69. The molecule has 6 heteroatoms. The van der Waals surface area contributed by atoms with E-state index in [1.807, 2.05) is 56.3 Å². The molecule has 1 unspecified atom stereocenters. The van der Waals surface area contributed by atoms with Crippen LogP contribution >= 0.6 is 11.6 Å². The van der Waals surface area contributed by atoms with E-state index in [1.165, 1.54) is 4.90 Å². The molecule has 0 bridgehead atoms. The topological polar surface area (TPSA) is 66.5 Å². The second-order valence-corrected chi connectivity index (χ2v) is 8.65. The van der Waals surface area contributed by atoms with E-state index in [1.54, 1.807) is 24.3 Å². The van der Waals surface area contributed by atoms with Gasteiger partial charge in [0.05, 0.1) is 11.1 Å². The Morgan fingerprint density at radius 1 is 0.939 bits per heavy atom. The van der Waals surface area contributed by atoms with Gasteiger partial charge in [0.1, 0.15) is 0 Å². The van der Waals surface area contributed by atoms with Gasteiger partial charge in [-0.1, -0.05) is 54.1 Å². The number of likely N-dealkylation sites (tertiary alicyclic amines) is 1. The van der Waals surface area contributed by atoms with Gasteiger partial charge < -0.3 is 5.32 Å². The summed E-state index contributed by atoms with van der Waals surface area (Å²) in [5.41, 5.74) is 4.25. The van der Waals surface area contributed by atoms with Crippen LogP contribution < -0.4 is 5.32 Å². The van der Waals surface area contributed by atoms with E-state index in [0.717, 1.165) is 16.8 Å². The molecule has 0 radical (unpaired) electrons. The first kappa shape index (κ1) is 22.7. The smallest absolute Gasteiger partial charge is 0.229 e. The molecule has 3 aromatic carbocycles. The molecule has 1 aliphatic heterocycles. The van der Waals surface area contributed by atoms with E-state index >= 15 is 0 Å². The number of imide groups is 1. The van der Waals surface area contributed by atoms with Gasteiger partial charge in [-0.2, -0.15) is 0 Å². The fraction of sp³-hybridized carbons (Fsp3) is 0.222. The minimum atomic E-state index is -0.397. The molecule has 1 fully saturated rings. The first-order valence-corrected chi connectivity index (χ1v) is 11.4. The van der Waals surface area contributed by atoms with Gasteiger partial charge in [0.2, 0.25) is 11.8 Å².